The molecule has 0 atom stereocenters. The second-order valence-electron chi connectivity index (χ2n) is 5.93. The highest BCUT2D eigenvalue weighted by molar-refractivity contribution is 5.91. The van der Waals surface area contributed by atoms with E-state index in [0.29, 0.717) is 5.82 Å². The Bertz CT molecular complexity index is 660. The summed E-state index contributed by atoms with van der Waals surface area (Å²) in [4.78, 5) is 12.3. The van der Waals surface area contributed by atoms with Gasteiger partial charge in [-0.15, -0.1) is 17.5 Å². The first-order valence-corrected chi connectivity index (χ1v) is 7.79. The summed E-state index contributed by atoms with van der Waals surface area (Å²) in [5.74, 6) is 0.794. The molecule has 23 heavy (non-hydrogen) atoms. The second-order valence-corrected chi connectivity index (χ2v) is 5.93. The van der Waals surface area contributed by atoms with Crippen LogP contribution in [0.25, 0.3) is 5.69 Å². The number of carbonyl (C=O) groups is 1. The molecule has 5 nitrogen and oxygen atoms in total. The van der Waals surface area contributed by atoms with Gasteiger partial charge in [-0.1, -0.05) is 17.7 Å². The maximum absolute atomic E-state index is 12.3. The molecular weight excluding hydrogens is 312 g/mol. The number of piperidine rings is 1. The third kappa shape index (κ3) is 4.12. The van der Waals surface area contributed by atoms with Crippen LogP contribution in [0.1, 0.15) is 24.1 Å². The molecule has 124 valence electrons. The van der Waals surface area contributed by atoms with Crippen LogP contribution in [0.2, 0.25) is 0 Å². The molecule has 1 saturated heterocycles. The van der Waals surface area contributed by atoms with Gasteiger partial charge in [0.05, 0.1) is 5.69 Å². The molecule has 0 bridgehead atoms. The first-order chi connectivity index (χ1) is 10.6. The van der Waals surface area contributed by atoms with Gasteiger partial charge in [-0.25, -0.2) is 4.68 Å². The SMILES string of the molecule is Cc1ccc(-n2nc(NC(=O)C3CCNCC3)cc2C)cc1.Cl. The van der Waals surface area contributed by atoms with E-state index in [0.717, 1.165) is 37.3 Å². The van der Waals surface area contributed by atoms with Gasteiger partial charge in [-0.3, -0.25) is 4.79 Å². The molecule has 1 aliphatic heterocycles. The van der Waals surface area contributed by atoms with E-state index < -0.39 is 0 Å². The summed E-state index contributed by atoms with van der Waals surface area (Å²) in [5.41, 5.74) is 3.22. The van der Waals surface area contributed by atoms with Crippen molar-refractivity contribution in [1.29, 1.82) is 0 Å². The Balaban J connectivity index is 0.00000192. The summed E-state index contributed by atoms with van der Waals surface area (Å²) >= 11 is 0. The number of aromatic nitrogens is 2. The molecular formula is C17H23ClN4O. The van der Waals surface area contributed by atoms with Gasteiger partial charge >= 0.3 is 0 Å². The molecule has 2 N–H and O–H groups in total. The number of amides is 1. The molecule has 6 heteroatoms. The van der Waals surface area contributed by atoms with Crippen molar-refractivity contribution in [2.45, 2.75) is 26.7 Å². The molecule has 1 aliphatic rings. The summed E-state index contributed by atoms with van der Waals surface area (Å²) in [6, 6.07) is 10.1. The van der Waals surface area contributed by atoms with Crippen LogP contribution < -0.4 is 10.6 Å². The van der Waals surface area contributed by atoms with Crippen molar-refractivity contribution in [2.75, 3.05) is 18.4 Å². The number of hydrogen-bond donors (Lipinski definition) is 2. The zero-order valence-electron chi connectivity index (χ0n) is 13.5. The number of benzene rings is 1. The van der Waals surface area contributed by atoms with Gasteiger partial charge < -0.3 is 10.6 Å². The van der Waals surface area contributed by atoms with E-state index in [9.17, 15) is 4.79 Å². The largest absolute Gasteiger partial charge is 0.317 e. The van der Waals surface area contributed by atoms with Crippen molar-refractivity contribution in [2.24, 2.45) is 5.92 Å². The van der Waals surface area contributed by atoms with E-state index in [2.05, 4.69) is 34.8 Å². The van der Waals surface area contributed by atoms with Crippen LogP contribution >= 0.6 is 12.4 Å². The van der Waals surface area contributed by atoms with Gasteiger partial charge in [-0.2, -0.15) is 0 Å². The smallest absolute Gasteiger partial charge is 0.228 e. The molecule has 2 heterocycles. The summed E-state index contributed by atoms with van der Waals surface area (Å²) in [5, 5.41) is 10.7. The fourth-order valence-electron chi connectivity index (χ4n) is 2.80. The van der Waals surface area contributed by atoms with Crippen LogP contribution in [0, 0.1) is 19.8 Å². The number of anilines is 1. The number of aryl methyl sites for hydroxylation is 2. The summed E-state index contributed by atoms with van der Waals surface area (Å²) < 4.78 is 1.86. The maximum atomic E-state index is 12.3. The quantitative estimate of drug-likeness (QED) is 0.907. The van der Waals surface area contributed by atoms with Crippen LogP contribution in [0.4, 0.5) is 5.82 Å². The highest BCUT2D eigenvalue weighted by atomic mass is 35.5. The highest BCUT2D eigenvalue weighted by Crippen LogP contribution is 2.18. The van der Waals surface area contributed by atoms with E-state index in [1.165, 1.54) is 5.56 Å². The number of carbonyl (C=O) groups excluding carboxylic acids is 1. The predicted molar refractivity (Wildman–Crippen MR) is 94.5 cm³/mol. The van der Waals surface area contributed by atoms with Crippen molar-refractivity contribution >= 4 is 24.1 Å². The maximum Gasteiger partial charge on any atom is 0.228 e. The molecule has 2 aromatic rings. The lowest BCUT2D eigenvalue weighted by atomic mass is 9.97. The van der Waals surface area contributed by atoms with Crippen molar-refractivity contribution in [1.82, 2.24) is 15.1 Å². The van der Waals surface area contributed by atoms with E-state index >= 15 is 0 Å². The van der Waals surface area contributed by atoms with Gasteiger partial charge in [0.1, 0.15) is 0 Å². The minimum Gasteiger partial charge on any atom is -0.317 e. The average Bonchev–Trinajstić information content (AvgIpc) is 2.89. The molecule has 0 aliphatic carbocycles. The van der Waals surface area contributed by atoms with Gasteiger partial charge in [0, 0.05) is 17.7 Å². The molecule has 3 rings (SSSR count). The Labute approximate surface area is 142 Å². The zero-order valence-corrected chi connectivity index (χ0v) is 14.3. The molecule has 0 spiro atoms. The average molecular weight is 335 g/mol. The molecule has 0 unspecified atom stereocenters. The summed E-state index contributed by atoms with van der Waals surface area (Å²) in [7, 11) is 0. The van der Waals surface area contributed by atoms with Crippen LogP contribution in [0.15, 0.2) is 30.3 Å². The lowest BCUT2D eigenvalue weighted by Crippen LogP contribution is -2.34. The number of nitrogens with one attached hydrogen (secondary N) is 2. The minimum atomic E-state index is 0. The molecule has 0 radical (unpaired) electrons. The van der Waals surface area contributed by atoms with Crippen molar-refractivity contribution in [3.05, 3.63) is 41.6 Å². The van der Waals surface area contributed by atoms with Gasteiger partial charge in [-0.05, 0) is 51.9 Å². The monoisotopic (exact) mass is 334 g/mol. The van der Waals surface area contributed by atoms with E-state index in [-0.39, 0.29) is 24.2 Å². The topological polar surface area (TPSA) is 59.0 Å². The normalized spacial score (nSPS) is 15.0. The number of halogens is 1. The Hall–Kier alpha value is -1.85. The Morgan fingerprint density at radius 2 is 1.87 bits per heavy atom. The first-order valence-electron chi connectivity index (χ1n) is 7.79. The van der Waals surface area contributed by atoms with E-state index in [4.69, 9.17) is 0 Å². The van der Waals surface area contributed by atoms with E-state index in [1.54, 1.807) is 0 Å². The third-order valence-corrected chi connectivity index (χ3v) is 4.13. The van der Waals surface area contributed by atoms with E-state index in [1.807, 2.05) is 29.8 Å². The molecule has 1 aromatic heterocycles. The number of hydrogen-bond acceptors (Lipinski definition) is 3. The number of rotatable bonds is 3. The van der Waals surface area contributed by atoms with Crippen LogP contribution in [-0.4, -0.2) is 28.8 Å². The Morgan fingerprint density at radius 1 is 1.22 bits per heavy atom. The molecule has 0 saturated carbocycles. The minimum absolute atomic E-state index is 0. The standard InChI is InChI=1S/C17H22N4O.ClH/c1-12-3-5-15(6-4-12)21-13(2)11-16(20-21)19-17(22)14-7-9-18-10-8-14;/h3-6,11,14,18H,7-10H2,1-2H3,(H,19,20,22);1H. The molecule has 1 amide bonds. The Morgan fingerprint density at radius 3 is 2.52 bits per heavy atom. The van der Waals surface area contributed by atoms with Gasteiger partial charge in [0.15, 0.2) is 5.82 Å². The van der Waals surface area contributed by atoms with Gasteiger partial charge in [0.2, 0.25) is 5.91 Å². The third-order valence-electron chi connectivity index (χ3n) is 4.13. The zero-order chi connectivity index (χ0) is 15.5. The molecule has 1 aromatic carbocycles. The Kier molecular flexibility index (Phi) is 5.80. The fourth-order valence-corrected chi connectivity index (χ4v) is 2.80. The van der Waals surface area contributed by atoms with Gasteiger partial charge in [0.25, 0.3) is 0 Å². The van der Waals surface area contributed by atoms with Crippen LogP contribution in [0.5, 0.6) is 0 Å². The molecule has 1 fully saturated rings. The van der Waals surface area contributed by atoms with Crippen molar-refractivity contribution in [3.63, 3.8) is 0 Å². The van der Waals surface area contributed by atoms with Crippen LogP contribution in [-0.2, 0) is 4.79 Å². The van der Waals surface area contributed by atoms with Crippen molar-refractivity contribution in [3.8, 4) is 5.69 Å². The highest BCUT2D eigenvalue weighted by Gasteiger charge is 2.21. The van der Waals surface area contributed by atoms with Crippen LogP contribution in [0.3, 0.4) is 0 Å². The van der Waals surface area contributed by atoms with Crippen molar-refractivity contribution < 1.29 is 4.79 Å². The lowest BCUT2D eigenvalue weighted by Gasteiger charge is -2.21. The summed E-state index contributed by atoms with van der Waals surface area (Å²) in [6.07, 6.45) is 1.78. The summed E-state index contributed by atoms with van der Waals surface area (Å²) in [6.45, 7) is 5.88. The lowest BCUT2D eigenvalue weighted by molar-refractivity contribution is -0.120. The number of nitrogens with zero attached hydrogens (tertiary/aromatic N) is 2. The fraction of sp³-hybridized carbons (Fsp3) is 0.412. The second kappa shape index (κ2) is 7.62. The predicted octanol–water partition coefficient (Wildman–Crippen LogP) is 2.85. The first kappa shape index (κ1) is 17.5.